The number of rotatable bonds is 4. The summed E-state index contributed by atoms with van der Waals surface area (Å²) in [5.41, 5.74) is 3.18. The van der Waals surface area contributed by atoms with Gasteiger partial charge in [-0.15, -0.1) is 12.4 Å². The number of likely N-dealkylation sites (N-methyl/N-ethyl adjacent to an activating group) is 1. The van der Waals surface area contributed by atoms with E-state index >= 15 is 0 Å². The first kappa shape index (κ1) is 18.0. The van der Waals surface area contributed by atoms with Crippen LogP contribution in [0.1, 0.15) is 24.0 Å². The molecule has 2 N–H and O–H groups in total. The molecule has 1 aromatic rings. The molecular formula is C16H26ClN3O. The van der Waals surface area contributed by atoms with Crippen LogP contribution in [0, 0.1) is 13.8 Å². The SMILES string of the molecule is Cc1cccc(C)c1NC(=O)CN(C)C1CCNCC1.Cl. The van der Waals surface area contributed by atoms with Gasteiger partial charge in [-0.3, -0.25) is 9.69 Å². The molecule has 118 valence electrons. The fourth-order valence-corrected chi connectivity index (χ4v) is 2.79. The van der Waals surface area contributed by atoms with Crippen molar-refractivity contribution in [2.24, 2.45) is 0 Å². The van der Waals surface area contributed by atoms with Gasteiger partial charge in [0.05, 0.1) is 6.54 Å². The largest absolute Gasteiger partial charge is 0.324 e. The molecule has 1 saturated heterocycles. The zero-order valence-corrected chi connectivity index (χ0v) is 13.9. The minimum Gasteiger partial charge on any atom is -0.324 e. The van der Waals surface area contributed by atoms with Crippen LogP contribution in [-0.4, -0.2) is 43.5 Å². The Morgan fingerprint density at radius 1 is 1.29 bits per heavy atom. The number of anilines is 1. The highest BCUT2D eigenvalue weighted by Crippen LogP contribution is 2.19. The van der Waals surface area contributed by atoms with Crippen LogP contribution in [0.25, 0.3) is 0 Å². The fourth-order valence-electron chi connectivity index (χ4n) is 2.79. The number of carbonyl (C=O) groups is 1. The van der Waals surface area contributed by atoms with E-state index in [-0.39, 0.29) is 18.3 Å². The second kappa shape index (κ2) is 8.37. The molecule has 0 atom stereocenters. The first-order valence-electron chi connectivity index (χ1n) is 7.35. The van der Waals surface area contributed by atoms with Crippen LogP contribution in [0.5, 0.6) is 0 Å². The van der Waals surface area contributed by atoms with Crippen LogP contribution >= 0.6 is 12.4 Å². The highest BCUT2D eigenvalue weighted by molar-refractivity contribution is 5.93. The van der Waals surface area contributed by atoms with Crippen LogP contribution in [0.2, 0.25) is 0 Å². The number of aryl methyl sites for hydroxylation is 2. The van der Waals surface area contributed by atoms with Crippen molar-refractivity contribution in [3.63, 3.8) is 0 Å². The second-order valence-corrected chi connectivity index (χ2v) is 5.71. The number of para-hydroxylation sites is 1. The third-order valence-corrected chi connectivity index (χ3v) is 4.07. The van der Waals surface area contributed by atoms with Gasteiger partial charge in [0.1, 0.15) is 0 Å². The zero-order valence-electron chi connectivity index (χ0n) is 13.1. The predicted molar refractivity (Wildman–Crippen MR) is 90.3 cm³/mol. The van der Waals surface area contributed by atoms with E-state index in [1.165, 1.54) is 0 Å². The van der Waals surface area contributed by atoms with Crippen molar-refractivity contribution < 1.29 is 4.79 Å². The van der Waals surface area contributed by atoms with Gasteiger partial charge in [0.25, 0.3) is 0 Å². The van der Waals surface area contributed by atoms with Crippen molar-refractivity contribution in [2.45, 2.75) is 32.7 Å². The van der Waals surface area contributed by atoms with E-state index in [2.05, 4.69) is 15.5 Å². The van der Waals surface area contributed by atoms with E-state index < -0.39 is 0 Å². The first-order chi connectivity index (χ1) is 9.58. The number of hydrogen-bond acceptors (Lipinski definition) is 3. The lowest BCUT2D eigenvalue weighted by molar-refractivity contribution is -0.117. The molecule has 1 aliphatic rings. The Balaban J connectivity index is 0.00000220. The van der Waals surface area contributed by atoms with Crippen molar-refractivity contribution in [3.8, 4) is 0 Å². The maximum atomic E-state index is 12.2. The number of nitrogens with one attached hydrogen (secondary N) is 2. The molecule has 0 unspecified atom stereocenters. The minimum absolute atomic E-state index is 0. The van der Waals surface area contributed by atoms with Crippen LogP contribution in [0.3, 0.4) is 0 Å². The van der Waals surface area contributed by atoms with E-state index in [9.17, 15) is 4.79 Å². The Labute approximate surface area is 133 Å². The topological polar surface area (TPSA) is 44.4 Å². The number of amides is 1. The summed E-state index contributed by atoms with van der Waals surface area (Å²) in [6.07, 6.45) is 2.24. The Hall–Kier alpha value is -1.10. The summed E-state index contributed by atoms with van der Waals surface area (Å²) in [5.74, 6) is 0.0726. The average molecular weight is 312 g/mol. The number of benzene rings is 1. The van der Waals surface area contributed by atoms with Crippen molar-refractivity contribution in [1.82, 2.24) is 10.2 Å². The molecule has 2 rings (SSSR count). The third-order valence-electron chi connectivity index (χ3n) is 4.07. The van der Waals surface area contributed by atoms with Gasteiger partial charge in [0.2, 0.25) is 5.91 Å². The summed E-state index contributed by atoms with van der Waals surface area (Å²) in [4.78, 5) is 14.4. The maximum absolute atomic E-state index is 12.2. The van der Waals surface area contributed by atoms with E-state index in [1.54, 1.807) is 0 Å². The van der Waals surface area contributed by atoms with Crippen LogP contribution in [0.4, 0.5) is 5.69 Å². The van der Waals surface area contributed by atoms with Crippen LogP contribution in [0.15, 0.2) is 18.2 Å². The van der Waals surface area contributed by atoms with Crippen LogP contribution in [-0.2, 0) is 4.79 Å². The molecule has 0 bridgehead atoms. The summed E-state index contributed by atoms with van der Waals surface area (Å²) < 4.78 is 0. The summed E-state index contributed by atoms with van der Waals surface area (Å²) in [7, 11) is 2.04. The molecule has 1 heterocycles. The standard InChI is InChI=1S/C16H25N3O.ClH/c1-12-5-4-6-13(2)16(12)18-15(20)11-19(3)14-7-9-17-10-8-14;/h4-6,14,17H,7-11H2,1-3H3,(H,18,20);1H. The Kier molecular flexibility index (Phi) is 7.15. The van der Waals surface area contributed by atoms with E-state index in [1.807, 2.05) is 39.1 Å². The van der Waals surface area contributed by atoms with Gasteiger partial charge in [0, 0.05) is 11.7 Å². The Morgan fingerprint density at radius 2 is 1.86 bits per heavy atom. The monoisotopic (exact) mass is 311 g/mol. The maximum Gasteiger partial charge on any atom is 0.238 e. The molecule has 5 heteroatoms. The molecule has 1 fully saturated rings. The molecular weight excluding hydrogens is 286 g/mol. The number of hydrogen-bond donors (Lipinski definition) is 2. The lowest BCUT2D eigenvalue weighted by Gasteiger charge is -2.31. The molecule has 21 heavy (non-hydrogen) atoms. The van der Waals surface area contributed by atoms with Crippen molar-refractivity contribution >= 4 is 24.0 Å². The van der Waals surface area contributed by atoms with Gasteiger partial charge in [0.15, 0.2) is 0 Å². The summed E-state index contributed by atoms with van der Waals surface area (Å²) in [6.45, 7) is 6.61. The zero-order chi connectivity index (χ0) is 14.5. The Bertz CT molecular complexity index is 452. The highest BCUT2D eigenvalue weighted by atomic mass is 35.5. The summed E-state index contributed by atoms with van der Waals surface area (Å²) in [5, 5.41) is 6.40. The molecule has 0 aliphatic carbocycles. The lowest BCUT2D eigenvalue weighted by Crippen LogP contribution is -2.44. The summed E-state index contributed by atoms with van der Waals surface area (Å²) in [6, 6.07) is 6.58. The molecule has 0 saturated carbocycles. The smallest absolute Gasteiger partial charge is 0.238 e. The molecule has 0 radical (unpaired) electrons. The van der Waals surface area contributed by atoms with Crippen molar-refractivity contribution in [3.05, 3.63) is 29.3 Å². The lowest BCUT2D eigenvalue weighted by atomic mass is 10.1. The number of halogens is 1. The van der Waals surface area contributed by atoms with Gasteiger partial charge in [-0.1, -0.05) is 18.2 Å². The van der Waals surface area contributed by atoms with E-state index in [4.69, 9.17) is 0 Å². The number of piperidine rings is 1. The first-order valence-corrected chi connectivity index (χ1v) is 7.35. The quantitative estimate of drug-likeness (QED) is 0.897. The van der Waals surface area contributed by atoms with Gasteiger partial charge in [-0.25, -0.2) is 0 Å². The highest BCUT2D eigenvalue weighted by Gasteiger charge is 2.19. The average Bonchev–Trinajstić information content (AvgIpc) is 2.44. The molecule has 4 nitrogen and oxygen atoms in total. The molecule has 0 aromatic heterocycles. The molecule has 1 aromatic carbocycles. The van der Waals surface area contributed by atoms with Gasteiger partial charge in [-0.2, -0.15) is 0 Å². The molecule has 1 amide bonds. The third kappa shape index (κ3) is 4.99. The van der Waals surface area contributed by atoms with Gasteiger partial charge < -0.3 is 10.6 Å². The number of carbonyl (C=O) groups excluding carboxylic acids is 1. The summed E-state index contributed by atoms with van der Waals surface area (Å²) >= 11 is 0. The fraction of sp³-hybridized carbons (Fsp3) is 0.562. The molecule has 0 spiro atoms. The molecule has 1 aliphatic heterocycles. The predicted octanol–water partition coefficient (Wildman–Crippen LogP) is 2.35. The van der Waals surface area contributed by atoms with Gasteiger partial charge >= 0.3 is 0 Å². The minimum atomic E-state index is 0. The van der Waals surface area contributed by atoms with Crippen LogP contribution < -0.4 is 10.6 Å². The van der Waals surface area contributed by atoms with Crippen molar-refractivity contribution in [1.29, 1.82) is 0 Å². The van der Waals surface area contributed by atoms with E-state index in [0.717, 1.165) is 42.7 Å². The second-order valence-electron chi connectivity index (χ2n) is 5.71. The van der Waals surface area contributed by atoms with Gasteiger partial charge in [-0.05, 0) is 58.0 Å². The number of nitrogens with zero attached hydrogens (tertiary/aromatic N) is 1. The Morgan fingerprint density at radius 3 is 2.43 bits per heavy atom. The van der Waals surface area contributed by atoms with Crippen molar-refractivity contribution in [2.75, 3.05) is 32.0 Å². The normalized spacial score (nSPS) is 15.6. The van der Waals surface area contributed by atoms with E-state index in [0.29, 0.717) is 12.6 Å².